The molecule has 0 bridgehead atoms. The molecule has 4 nitrogen and oxygen atoms in total. The first-order chi connectivity index (χ1) is 10.7. The second-order valence-electron chi connectivity index (χ2n) is 6.00. The highest BCUT2D eigenvalue weighted by Gasteiger charge is 2.32. The van der Waals surface area contributed by atoms with Crippen molar-refractivity contribution in [2.45, 2.75) is 51.2 Å². The third-order valence-corrected chi connectivity index (χ3v) is 4.32. The van der Waals surface area contributed by atoms with E-state index in [9.17, 15) is 9.90 Å². The lowest BCUT2D eigenvalue weighted by Crippen LogP contribution is -2.47. The molecule has 22 heavy (non-hydrogen) atoms. The van der Waals surface area contributed by atoms with Gasteiger partial charge in [0.15, 0.2) is 0 Å². The topological polar surface area (TPSA) is 58.6 Å². The maximum absolute atomic E-state index is 12.5. The molecule has 2 unspecified atom stereocenters. The first-order valence-electron chi connectivity index (χ1n) is 8.31. The summed E-state index contributed by atoms with van der Waals surface area (Å²) in [5.74, 6) is 0.236. The Hall–Kier alpha value is -1.39. The maximum Gasteiger partial charge on any atom is 0.249 e. The van der Waals surface area contributed by atoms with E-state index in [1.807, 2.05) is 37.3 Å². The standard InChI is InChI=1S/C18H27NO3/c1-2-22-17(15-10-6-7-11-15)18(21)19-16(13-20)12-14-8-4-3-5-9-14/h3-5,8-9,15-17,20H,2,6-7,10-13H2,1H3,(H,19,21). The number of rotatable bonds is 8. The number of aliphatic hydroxyl groups is 1. The SMILES string of the molecule is CCOC(C(=O)NC(CO)Cc1ccccc1)C1CCCC1. The van der Waals surface area contributed by atoms with Crippen LogP contribution in [0.2, 0.25) is 0 Å². The number of hydrogen-bond acceptors (Lipinski definition) is 3. The number of aliphatic hydroxyl groups excluding tert-OH is 1. The molecule has 1 fully saturated rings. The van der Waals surface area contributed by atoms with Crippen LogP contribution >= 0.6 is 0 Å². The molecule has 0 aliphatic heterocycles. The quantitative estimate of drug-likeness (QED) is 0.775. The molecule has 1 aliphatic carbocycles. The van der Waals surface area contributed by atoms with Crippen LogP contribution < -0.4 is 5.32 Å². The van der Waals surface area contributed by atoms with Crippen molar-refractivity contribution in [1.82, 2.24) is 5.32 Å². The Balaban J connectivity index is 1.94. The van der Waals surface area contributed by atoms with Gasteiger partial charge < -0.3 is 15.2 Å². The van der Waals surface area contributed by atoms with E-state index in [4.69, 9.17) is 4.74 Å². The van der Waals surface area contributed by atoms with Crippen LogP contribution in [0.15, 0.2) is 30.3 Å². The van der Waals surface area contributed by atoms with Crippen LogP contribution in [0, 0.1) is 5.92 Å². The van der Waals surface area contributed by atoms with Crippen molar-refractivity contribution in [2.75, 3.05) is 13.2 Å². The summed E-state index contributed by atoms with van der Waals surface area (Å²) in [5.41, 5.74) is 1.11. The molecule has 1 aromatic rings. The lowest BCUT2D eigenvalue weighted by Gasteiger charge is -2.25. The van der Waals surface area contributed by atoms with Gasteiger partial charge >= 0.3 is 0 Å². The Kier molecular flexibility index (Phi) is 6.87. The van der Waals surface area contributed by atoms with Gasteiger partial charge in [-0.1, -0.05) is 43.2 Å². The van der Waals surface area contributed by atoms with Crippen molar-refractivity contribution in [3.63, 3.8) is 0 Å². The summed E-state index contributed by atoms with van der Waals surface area (Å²) in [4.78, 5) is 12.5. The number of ether oxygens (including phenoxy) is 1. The minimum absolute atomic E-state index is 0.0653. The first kappa shape index (κ1) is 17.0. The molecule has 1 aromatic carbocycles. The number of hydrogen-bond donors (Lipinski definition) is 2. The molecule has 1 aliphatic rings. The Labute approximate surface area is 132 Å². The third kappa shape index (κ3) is 4.82. The lowest BCUT2D eigenvalue weighted by atomic mass is 9.99. The zero-order valence-electron chi connectivity index (χ0n) is 13.3. The number of nitrogens with one attached hydrogen (secondary N) is 1. The van der Waals surface area contributed by atoms with E-state index in [-0.39, 0.29) is 24.7 Å². The highest BCUT2D eigenvalue weighted by molar-refractivity contribution is 5.81. The van der Waals surface area contributed by atoms with Gasteiger partial charge in [-0.05, 0) is 37.7 Å². The molecule has 1 amide bonds. The van der Waals surface area contributed by atoms with Crippen LogP contribution in [-0.4, -0.2) is 36.4 Å². The summed E-state index contributed by atoms with van der Waals surface area (Å²) in [6.45, 7) is 2.39. The van der Waals surface area contributed by atoms with E-state index >= 15 is 0 Å². The fourth-order valence-corrected chi connectivity index (χ4v) is 3.21. The molecule has 0 saturated heterocycles. The second kappa shape index (κ2) is 8.91. The molecule has 0 aromatic heterocycles. The fraction of sp³-hybridized carbons (Fsp3) is 0.611. The van der Waals surface area contributed by atoms with E-state index in [1.54, 1.807) is 0 Å². The third-order valence-electron chi connectivity index (χ3n) is 4.32. The molecule has 2 N–H and O–H groups in total. The fourth-order valence-electron chi connectivity index (χ4n) is 3.21. The van der Waals surface area contributed by atoms with Crippen molar-refractivity contribution in [2.24, 2.45) is 5.92 Å². The van der Waals surface area contributed by atoms with E-state index < -0.39 is 0 Å². The Morgan fingerprint density at radius 2 is 2.00 bits per heavy atom. The number of benzene rings is 1. The van der Waals surface area contributed by atoms with Crippen molar-refractivity contribution in [1.29, 1.82) is 0 Å². The summed E-state index contributed by atoms with van der Waals surface area (Å²) < 4.78 is 5.69. The van der Waals surface area contributed by atoms with Gasteiger partial charge in [-0.2, -0.15) is 0 Å². The van der Waals surface area contributed by atoms with Crippen LogP contribution in [0.1, 0.15) is 38.2 Å². The van der Waals surface area contributed by atoms with E-state index in [0.29, 0.717) is 18.9 Å². The zero-order valence-corrected chi connectivity index (χ0v) is 13.3. The molecule has 0 spiro atoms. The molecule has 0 radical (unpaired) electrons. The van der Waals surface area contributed by atoms with Crippen molar-refractivity contribution in [3.8, 4) is 0 Å². The van der Waals surface area contributed by atoms with E-state index in [0.717, 1.165) is 18.4 Å². The molecule has 0 heterocycles. The molecule has 1 saturated carbocycles. The van der Waals surface area contributed by atoms with Gasteiger partial charge in [-0.15, -0.1) is 0 Å². The van der Waals surface area contributed by atoms with Crippen LogP contribution in [0.4, 0.5) is 0 Å². The summed E-state index contributed by atoms with van der Waals surface area (Å²) in [5, 5.41) is 12.5. The number of amides is 1. The molecule has 2 rings (SSSR count). The maximum atomic E-state index is 12.5. The molecule has 2 atom stereocenters. The smallest absolute Gasteiger partial charge is 0.249 e. The van der Waals surface area contributed by atoms with Crippen LogP contribution in [0.3, 0.4) is 0 Å². The lowest BCUT2D eigenvalue weighted by molar-refractivity contribution is -0.137. The number of carbonyl (C=O) groups is 1. The van der Waals surface area contributed by atoms with Crippen molar-refractivity contribution >= 4 is 5.91 Å². The Morgan fingerprint density at radius 3 is 2.59 bits per heavy atom. The van der Waals surface area contributed by atoms with Crippen molar-refractivity contribution in [3.05, 3.63) is 35.9 Å². The van der Waals surface area contributed by atoms with Gasteiger partial charge in [0.1, 0.15) is 6.10 Å². The van der Waals surface area contributed by atoms with E-state index in [1.165, 1.54) is 12.8 Å². The van der Waals surface area contributed by atoms with E-state index in [2.05, 4.69) is 5.32 Å². The van der Waals surface area contributed by atoms with Gasteiger partial charge in [0.2, 0.25) is 5.91 Å². The normalized spacial score (nSPS) is 18.1. The average Bonchev–Trinajstić information content (AvgIpc) is 3.06. The van der Waals surface area contributed by atoms with Crippen LogP contribution in [0.5, 0.6) is 0 Å². The van der Waals surface area contributed by atoms with Crippen LogP contribution in [0.25, 0.3) is 0 Å². The van der Waals surface area contributed by atoms with Gasteiger partial charge in [0.05, 0.1) is 12.6 Å². The van der Waals surface area contributed by atoms with Gasteiger partial charge in [0.25, 0.3) is 0 Å². The molecule has 122 valence electrons. The minimum atomic E-state index is -0.377. The largest absolute Gasteiger partial charge is 0.394 e. The summed E-state index contributed by atoms with van der Waals surface area (Å²) in [6, 6.07) is 9.64. The van der Waals surface area contributed by atoms with Gasteiger partial charge in [-0.25, -0.2) is 0 Å². The predicted molar refractivity (Wildman–Crippen MR) is 86.5 cm³/mol. The highest BCUT2D eigenvalue weighted by Crippen LogP contribution is 2.29. The molecular formula is C18H27NO3. The van der Waals surface area contributed by atoms with Crippen molar-refractivity contribution < 1.29 is 14.6 Å². The zero-order chi connectivity index (χ0) is 15.8. The predicted octanol–water partition coefficient (Wildman–Crippen LogP) is 2.30. The van der Waals surface area contributed by atoms with Gasteiger partial charge in [-0.3, -0.25) is 4.79 Å². The Morgan fingerprint density at radius 1 is 1.32 bits per heavy atom. The average molecular weight is 305 g/mol. The summed E-state index contributed by atoms with van der Waals surface area (Å²) in [7, 11) is 0. The molecule has 4 heteroatoms. The van der Waals surface area contributed by atoms with Crippen LogP contribution in [-0.2, 0) is 16.0 Å². The second-order valence-corrected chi connectivity index (χ2v) is 6.00. The van der Waals surface area contributed by atoms with Gasteiger partial charge in [0, 0.05) is 6.61 Å². The summed E-state index contributed by atoms with van der Waals surface area (Å²) in [6.07, 6.45) is 4.72. The number of carbonyl (C=O) groups excluding carboxylic acids is 1. The molecular weight excluding hydrogens is 278 g/mol. The minimum Gasteiger partial charge on any atom is -0.394 e. The Bertz CT molecular complexity index is 443. The summed E-state index contributed by atoms with van der Waals surface area (Å²) >= 11 is 0. The monoisotopic (exact) mass is 305 g/mol. The highest BCUT2D eigenvalue weighted by atomic mass is 16.5. The first-order valence-corrected chi connectivity index (χ1v) is 8.31.